The molecule has 6 heteroatoms. The van der Waals surface area contributed by atoms with Crippen molar-refractivity contribution in [3.63, 3.8) is 0 Å². The van der Waals surface area contributed by atoms with Crippen LogP contribution in [0.3, 0.4) is 0 Å². The molecule has 1 aromatic rings. The van der Waals surface area contributed by atoms with E-state index in [1.807, 2.05) is 0 Å². The Morgan fingerprint density at radius 2 is 2.24 bits per heavy atom. The Morgan fingerprint density at radius 1 is 1.53 bits per heavy atom. The summed E-state index contributed by atoms with van der Waals surface area (Å²) in [6, 6.07) is 3.04. The molecule has 0 amide bonds. The number of rotatable bonds is 6. The zero-order chi connectivity index (χ0) is 11.6. The maximum absolute atomic E-state index is 10.4. The first-order chi connectivity index (χ1) is 7.65. The molecule has 0 atom stereocenters. The van der Waals surface area contributed by atoms with E-state index in [0.717, 1.165) is 6.54 Å². The summed E-state index contributed by atoms with van der Waals surface area (Å²) in [7, 11) is 0. The van der Waals surface area contributed by atoms with Crippen molar-refractivity contribution >= 4 is 18.3 Å². The average Bonchev–Trinajstić information content (AvgIpc) is 2.88. The Hall–Kier alpha value is -1.07. The summed E-state index contributed by atoms with van der Waals surface area (Å²) < 4.78 is 5.05. The van der Waals surface area contributed by atoms with Crippen LogP contribution >= 0.6 is 12.4 Å². The summed E-state index contributed by atoms with van der Waals surface area (Å²) in [6.07, 6.45) is 3.77. The lowest BCUT2D eigenvalue weighted by Crippen LogP contribution is -2.22. The molecule has 0 aliphatic heterocycles. The quantitative estimate of drug-likeness (QED) is 0.631. The predicted octanol–water partition coefficient (Wildman–Crippen LogP) is 2.89. The van der Waals surface area contributed by atoms with Crippen molar-refractivity contribution < 1.29 is 9.34 Å². The van der Waals surface area contributed by atoms with Crippen molar-refractivity contribution in [3.05, 3.63) is 28.0 Å². The fourth-order valence-electron chi connectivity index (χ4n) is 1.84. The fraction of sp³-hybridized carbons (Fsp3) is 0.636. The van der Waals surface area contributed by atoms with E-state index in [1.54, 1.807) is 6.07 Å². The molecule has 17 heavy (non-hydrogen) atoms. The number of hydrogen-bond donors (Lipinski definition) is 1. The molecule has 0 bridgehead atoms. The van der Waals surface area contributed by atoms with Crippen molar-refractivity contribution in [3.8, 4) is 0 Å². The lowest BCUT2D eigenvalue weighted by Gasteiger charge is -2.11. The minimum Gasteiger partial charge on any atom is -0.404 e. The highest BCUT2D eigenvalue weighted by molar-refractivity contribution is 5.85. The molecule has 1 aromatic heterocycles. The zero-order valence-corrected chi connectivity index (χ0v) is 10.6. The van der Waals surface area contributed by atoms with Gasteiger partial charge >= 0.3 is 5.88 Å². The molecule has 1 heterocycles. The standard InChI is InChI=1S/C11H16N2O3.ClH/c1-2-11(5-6-11)8-12-7-9-3-4-10(16-9)13(14)15;/h3-4,12H,2,5-8H2,1H3;1H. The predicted molar refractivity (Wildman–Crippen MR) is 66.3 cm³/mol. The Morgan fingerprint density at radius 3 is 2.71 bits per heavy atom. The van der Waals surface area contributed by atoms with Crippen molar-refractivity contribution in [1.82, 2.24) is 5.32 Å². The molecule has 0 unspecified atom stereocenters. The van der Waals surface area contributed by atoms with Crippen LogP contribution in [-0.4, -0.2) is 11.5 Å². The van der Waals surface area contributed by atoms with Crippen molar-refractivity contribution in [2.45, 2.75) is 32.7 Å². The summed E-state index contributed by atoms with van der Waals surface area (Å²) in [5.74, 6) is 0.437. The Balaban J connectivity index is 0.00000144. The maximum Gasteiger partial charge on any atom is 0.433 e. The average molecular weight is 261 g/mol. The number of nitro groups is 1. The van der Waals surface area contributed by atoms with Crippen LogP contribution in [0, 0.1) is 15.5 Å². The van der Waals surface area contributed by atoms with Gasteiger partial charge in [-0.25, -0.2) is 0 Å². The minimum atomic E-state index is -0.516. The van der Waals surface area contributed by atoms with E-state index in [2.05, 4.69) is 12.2 Å². The Kier molecular flexibility index (Phi) is 4.54. The molecule has 1 aliphatic rings. The van der Waals surface area contributed by atoms with Gasteiger partial charge in [-0.3, -0.25) is 10.1 Å². The molecule has 0 spiro atoms. The first-order valence-corrected chi connectivity index (χ1v) is 5.59. The van der Waals surface area contributed by atoms with Crippen molar-refractivity contribution in [2.75, 3.05) is 6.54 Å². The SMILES string of the molecule is CCC1(CNCc2ccc([N+](=O)[O-])o2)CC1.Cl. The van der Waals surface area contributed by atoms with Gasteiger partial charge in [-0.05, 0) is 30.7 Å². The molecule has 2 rings (SSSR count). The second kappa shape index (κ2) is 5.51. The Bertz CT molecular complexity index is 388. The fourth-order valence-corrected chi connectivity index (χ4v) is 1.84. The van der Waals surface area contributed by atoms with Gasteiger partial charge in [0.15, 0.2) is 0 Å². The number of hydrogen-bond acceptors (Lipinski definition) is 4. The topological polar surface area (TPSA) is 68.3 Å². The maximum atomic E-state index is 10.4. The summed E-state index contributed by atoms with van der Waals surface area (Å²) in [5, 5.41) is 13.7. The number of halogens is 1. The molecule has 5 nitrogen and oxygen atoms in total. The van der Waals surface area contributed by atoms with E-state index in [1.165, 1.54) is 25.3 Å². The third kappa shape index (κ3) is 3.44. The van der Waals surface area contributed by atoms with Crippen LogP contribution in [0.2, 0.25) is 0 Å². The van der Waals surface area contributed by atoms with E-state index >= 15 is 0 Å². The highest BCUT2D eigenvalue weighted by atomic mass is 35.5. The van der Waals surface area contributed by atoms with Gasteiger partial charge < -0.3 is 9.73 Å². The minimum absolute atomic E-state index is 0. The van der Waals surface area contributed by atoms with E-state index in [9.17, 15) is 10.1 Å². The van der Waals surface area contributed by atoms with Crippen LogP contribution in [0.5, 0.6) is 0 Å². The number of nitrogens with one attached hydrogen (secondary N) is 1. The van der Waals surface area contributed by atoms with Gasteiger partial charge in [0.1, 0.15) is 10.7 Å². The van der Waals surface area contributed by atoms with Crippen LogP contribution in [-0.2, 0) is 6.54 Å². The molecular formula is C11H17ClN2O3. The summed E-state index contributed by atoms with van der Waals surface area (Å²) >= 11 is 0. The van der Waals surface area contributed by atoms with E-state index < -0.39 is 4.92 Å². The number of nitrogens with zero attached hydrogens (tertiary/aromatic N) is 1. The third-order valence-corrected chi connectivity index (χ3v) is 3.33. The summed E-state index contributed by atoms with van der Waals surface area (Å²) in [5.41, 5.74) is 0.485. The van der Waals surface area contributed by atoms with Gasteiger partial charge in [0, 0.05) is 6.54 Å². The van der Waals surface area contributed by atoms with Crippen LogP contribution < -0.4 is 5.32 Å². The molecule has 0 aromatic carbocycles. The summed E-state index contributed by atoms with van der Waals surface area (Å²) in [4.78, 5) is 9.88. The van der Waals surface area contributed by atoms with Gasteiger partial charge in [-0.2, -0.15) is 0 Å². The Labute approximate surface area is 106 Å². The molecular weight excluding hydrogens is 244 g/mol. The molecule has 1 aliphatic carbocycles. The van der Waals surface area contributed by atoms with Crippen molar-refractivity contribution in [1.29, 1.82) is 0 Å². The highest BCUT2D eigenvalue weighted by Crippen LogP contribution is 2.47. The third-order valence-electron chi connectivity index (χ3n) is 3.33. The summed E-state index contributed by atoms with van der Waals surface area (Å²) in [6.45, 7) is 3.74. The van der Waals surface area contributed by atoms with Gasteiger partial charge in [0.05, 0.1) is 12.6 Å². The van der Waals surface area contributed by atoms with Crippen LogP contribution in [0.15, 0.2) is 16.5 Å². The second-order valence-electron chi connectivity index (χ2n) is 4.45. The van der Waals surface area contributed by atoms with Gasteiger partial charge in [0.2, 0.25) is 0 Å². The van der Waals surface area contributed by atoms with E-state index in [0.29, 0.717) is 17.7 Å². The van der Waals surface area contributed by atoms with E-state index in [4.69, 9.17) is 4.42 Å². The normalized spacial score (nSPS) is 16.3. The molecule has 0 radical (unpaired) electrons. The largest absolute Gasteiger partial charge is 0.433 e. The highest BCUT2D eigenvalue weighted by Gasteiger charge is 2.39. The van der Waals surface area contributed by atoms with Crippen LogP contribution in [0.4, 0.5) is 5.88 Å². The van der Waals surface area contributed by atoms with Gasteiger partial charge in [-0.1, -0.05) is 6.92 Å². The molecule has 1 fully saturated rings. The van der Waals surface area contributed by atoms with Crippen LogP contribution in [0.25, 0.3) is 0 Å². The molecule has 0 saturated heterocycles. The molecule has 1 saturated carbocycles. The lowest BCUT2D eigenvalue weighted by molar-refractivity contribution is -0.402. The first-order valence-electron chi connectivity index (χ1n) is 5.59. The number of furan rings is 1. The lowest BCUT2D eigenvalue weighted by atomic mass is 10.0. The zero-order valence-electron chi connectivity index (χ0n) is 9.77. The molecule has 1 N–H and O–H groups in total. The van der Waals surface area contributed by atoms with Crippen molar-refractivity contribution in [2.24, 2.45) is 5.41 Å². The first kappa shape index (κ1) is 14.0. The van der Waals surface area contributed by atoms with Gasteiger partial charge in [0.25, 0.3) is 0 Å². The smallest absolute Gasteiger partial charge is 0.404 e. The monoisotopic (exact) mass is 260 g/mol. The van der Waals surface area contributed by atoms with E-state index in [-0.39, 0.29) is 18.3 Å². The second-order valence-corrected chi connectivity index (χ2v) is 4.45. The van der Waals surface area contributed by atoms with Gasteiger partial charge in [-0.15, -0.1) is 12.4 Å². The molecule has 96 valence electrons. The van der Waals surface area contributed by atoms with Crippen LogP contribution in [0.1, 0.15) is 31.9 Å².